The van der Waals surface area contributed by atoms with Crippen LogP contribution < -0.4 is 15.7 Å². The van der Waals surface area contributed by atoms with Crippen LogP contribution in [0.3, 0.4) is 0 Å². The number of benzene rings is 2. The molecular weight excluding hydrogens is 452 g/mol. The monoisotopic (exact) mass is 474 g/mol. The predicted octanol–water partition coefficient (Wildman–Crippen LogP) is 3.60. The van der Waals surface area contributed by atoms with E-state index in [2.05, 4.69) is 11.9 Å². The van der Waals surface area contributed by atoms with Crippen LogP contribution in [0, 0.1) is 0 Å². The minimum absolute atomic E-state index is 0.145. The van der Waals surface area contributed by atoms with Crippen LogP contribution >= 0.6 is 11.8 Å². The molecule has 2 aliphatic rings. The van der Waals surface area contributed by atoms with Gasteiger partial charge in [0, 0.05) is 33.7 Å². The average Bonchev–Trinajstić information content (AvgIpc) is 2.82. The molecule has 1 saturated heterocycles. The highest BCUT2D eigenvalue weighted by molar-refractivity contribution is 8.04. The number of carbonyl (C=O) groups excluding carboxylic acids is 2. The molecule has 2 unspecified atom stereocenters. The summed E-state index contributed by atoms with van der Waals surface area (Å²) >= 11 is 1.45. The van der Waals surface area contributed by atoms with E-state index in [4.69, 9.17) is 9.15 Å². The van der Waals surface area contributed by atoms with Crippen LogP contribution in [0.2, 0.25) is 0 Å². The van der Waals surface area contributed by atoms with Crippen molar-refractivity contribution in [2.24, 2.45) is 0 Å². The number of nitrogens with zero attached hydrogens (tertiary/aromatic N) is 1. The number of rotatable bonds is 6. The molecule has 2 atom stereocenters. The van der Waals surface area contributed by atoms with Crippen molar-refractivity contribution in [3.63, 3.8) is 0 Å². The fourth-order valence-electron chi connectivity index (χ4n) is 4.12. The van der Waals surface area contributed by atoms with E-state index in [0.29, 0.717) is 11.3 Å². The van der Waals surface area contributed by atoms with Crippen LogP contribution in [0.1, 0.15) is 12.5 Å². The van der Waals surface area contributed by atoms with E-state index in [1.807, 2.05) is 43.3 Å². The Morgan fingerprint density at radius 1 is 1.15 bits per heavy atom. The highest BCUT2D eigenvalue weighted by Gasteiger charge is 2.52. The summed E-state index contributed by atoms with van der Waals surface area (Å²) in [7, 11) is 0. The van der Waals surface area contributed by atoms with Crippen LogP contribution in [0.25, 0.3) is 11.0 Å². The molecule has 7 nitrogen and oxygen atoms in total. The topological polar surface area (TPSA) is 88.9 Å². The largest absolute Gasteiger partial charge is 0.489 e. The van der Waals surface area contributed by atoms with E-state index >= 15 is 0 Å². The lowest BCUT2D eigenvalue weighted by Crippen LogP contribution is -2.69. The fraction of sp³-hybridized carbons (Fsp3) is 0.192. The van der Waals surface area contributed by atoms with E-state index in [0.717, 1.165) is 27.1 Å². The number of allylic oxidation sites excluding steroid dienone is 1. The highest BCUT2D eigenvalue weighted by atomic mass is 32.2. The zero-order chi connectivity index (χ0) is 23.8. The molecule has 0 bridgehead atoms. The van der Waals surface area contributed by atoms with Crippen LogP contribution in [-0.2, 0) is 16.0 Å². The molecule has 0 radical (unpaired) electrons. The van der Waals surface area contributed by atoms with E-state index in [1.54, 1.807) is 23.1 Å². The van der Waals surface area contributed by atoms with Crippen molar-refractivity contribution in [3.8, 4) is 5.75 Å². The van der Waals surface area contributed by atoms with Gasteiger partial charge >= 0.3 is 5.63 Å². The lowest BCUT2D eigenvalue weighted by molar-refractivity contribution is -0.145. The average molecular weight is 475 g/mol. The number of amides is 2. The number of fused-ring (bicyclic) bond motifs is 2. The van der Waals surface area contributed by atoms with Gasteiger partial charge in [-0.05, 0) is 30.7 Å². The van der Waals surface area contributed by atoms with Crippen molar-refractivity contribution in [2.45, 2.75) is 24.8 Å². The maximum absolute atomic E-state index is 12.9. The van der Waals surface area contributed by atoms with Gasteiger partial charge in [-0.3, -0.25) is 14.5 Å². The summed E-state index contributed by atoms with van der Waals surface area (Å²) in [6.45, 7) is 6.23. The number of ether oxygens (including phenoxy) is 1. The first-order valence-corrected chi connectivity index (χ1v) is 11.7. The first kappa shape index (κ1) is 22.0. The predicted molar refractivity (Wildman–Crippen MR) is 130 cm³/mol. The normalized spacial score (nSPS) is 19.6. The van der Waals surface area contributed by atoms with Gasteiger partial charge in [0.15, 0.2) is 0 Å². The second-order valence-electron chi connectivity index (χ2n) is 8.15. The van der Waals surface area contributed by atoms with Crippen LogP contribution in [0.4, 0.5) is 0 Å². The molecule has 3 aromatic rings. The van der Waals surface area contributed by atoms with Crippen molar-refractivity contribution >= 4 is 34.5 Å². The Morgan fingerprint density at radius 3 is 2.71 bits per heavy atom. The summed E-state index contributed by atoms with van der Waals surface area (Å²) in [6.07, 6.45) is 0.225. The van der Waals surface area contributed by atoms with Gasteiger partial charge in [0.05, 0.1) is 6.42 Å². The molecule has 1 N–H and O–H groups in total. The van der Waals surface area contributed by atoms with Crippen molar-refractivity contribution in [3.05, 3.63) is 99.4 Å². The van der Waals surface area contributed by atoms with Gasteiger partial charge in [0.1, 0.15) is 29.4 Å². The van der Waals surface area contributed by atoms with Crippen LogP contribution in [0.15, 0.2) is 92.6 Å². The SMILES string of the molecule is C=C1SC2C(NC(=O)Cc3ccccc3)C(=O)N2C(C)=C1COc1ccc2ccc(=O)oc2c1. The smallest absolute Gasteiger partial charge is 0.336 e. The molecule has 8 heteroatoms. The molecule has 3 heterocycles. The minimum atomic E-state index is -0.584. The number of hydrogen-bond acceptors (Lipinski definition) is 6. The number of carbonyl (C=O) groups is 2. The summed E-state index contributed by atoms with van der Waals surface area (Å²) in [5.74, 6) is 0.214. The molecule has 1 fully saturated rings. The Kier molecular flexibility index (Phi) is 5.75. The standard InChI is InChI=1S/C26H22N2O5S/c1-15-20(14-32-19-10-8-18-9-11-23(30)33-21(18)13-19)16(2)34-26-24(25(31)28(15)26)27-22(29)12-17-6-4-3-5-7-17/h3-11,13,24,26H,2,12,14H2,1H3,(H,27,29). The third-order valence-electron chi connectivity index (χ3n) is 5.94. The number of thioether (sulfide) groups is 1. The first-order chi connectivity index (χ1) is 16.4. The van der Waals surface area contributed by atoms with Crippen LogP contribution in [-0.4, -0.2) is 34.7 Å². The Labute approximate surface area is 200 Å². The Bertz CT molecular complexity index is 1400. The third kappa shape index (κ3) is 4.12. The number of hydrogen-bond donors (Lipinski definition) is 1. The lowest BCUT2D eigenvalue weighted by Gasteiger charge is -2.50. The maximum Gasteiger partial charge on any atom is 0.336 e. The summed E-state index contributed by atoms with van der Waals surface area (Å²) in [6, 6.07) is 17.2. The summed E-state index contributed by atoms with van der Waals surface area (Å²) < 4.78 is 11.1. The Balaban J connectivity index is 1.26. The molecule has 5 rings (SSSR count). The molecule has 2 aliphatic heterocycles. The number of β-lactam (4-membered cyclic amide) rings is 1. The van der Waals surface area contributed by atoms with E-state index in [-0.39, 0.29) is 30.2 Å². The number of nitrogens with one attached hydrogen (secondary N) is 1. The van der Waals surface area contributed by atoms with E-state index in [9.17, 15) is 14.4 Å². The molecule has 172 valence electrons. The second-order valence-corrected chi connectivity index (χ2v) is 9.37. The second kappa shape index (κ2) is 8.87. The Hall–Kier alpha value is -3.78. The zero-order valence-electron chi connectivity index (χ0n) is 18.4. The highest BCUT2D eigenvalue weighted by Crippen LogP contribution is 2.45. The van der Waals surface area contributed by atoms with Gasteiger partial charge < -0.3 is 14.5 Å². The first-order valence-electron chi connectivity index (χ1n) is 10.8. The molecule has 0 spiro atoms. The molecule has 0 saturated carbocycles. The van der Waals surface area contributed by atoms with Crippen molar-refractivity contribution in [1.82, 2.24) is 10.2 Å². The zero-order valence-corrected chi connectivity index (χ0v) is 19.3. The van der Waals surface area contributed by atoms with E-state index in [1.165, 1.54) is 17.8 Å². The summed E-state index contributed by atoms with van der Waals surface area (Å²) in [4.78, 5) is 39.3. The van der Waals surface area contributed by atoms with Crippen molar-refractivity contribution in [1.29, 1.82) is 0 Å². The quantitative estimate of drug-likeness (QED) is 0.434. The van der Waals surface area contributed by atoms with Crippen LogP contribution in [0.5, 0.6) is 5.75 Å². The lowest BCUT2D eigenvalue weighted by atomic mass is 10.0. The van der Waals surface area contributed by atoms with Gasteiger partial charge in [-0.25, -0.2) is 4.79 Å². The van der Waals surface area contributed by atoms with Gasteiger partial charge in [0.2, 0.25) is 5.91 Å². The molecule has 0 aliphatic carbocycles. The summed E-state index contributed by atoms with van der Waals surface area (Å²) in [5, 5.41) is 3.44. The maximum atomic E-state index is 12.9. The molecule has 1 aromatic heterocycles. The Morgan fingerprint density at radius 2 is 1.91 bits per heavy atom. The van der Waals surface area contributed by atoms with Gasteiger partial charge in [-0.2, -0.15) is 0 Å². The molecule has 2 amide bonds. The molecule has 34 heavy (non-hydrogen) atoms. The third-order valence-corrected chi connectivity index (χ3v) is 7.20. The van der Waals surface area contributed by atoms with Gasteiger partial charge in [-0.15, -0.1) is 0 Å². The minimum Gasteiger partial charge on any atom is -0.489 e. The van der Waals surface area contributed by atoms with Gasteiger partial charge in [0.25, 0.3) is 5.91 Å². The van der Waals surface area contributed by atoms with Gasteiger partial charge in [-0.1, -0.05) is 48.7 Å². The molecule has 2 aromatic carbocycles. The van der Waals surface area contributed by atoms with E-state index < -0.39 is 11.7 Å². The van der Waals surface area contributed by atoms with Crippen molar-refractivity contribution in [2.75, 3.05) is 6.61 Å². The van der Waals surface area contributed by atoms with Crippen molar-refractivity contribution < 1.29 is 18.7 Å². The summed E-state index contributed by atoms with van der Waals surface area (Å²) in [5.41, 5.74) is 2.50. The fourth-order valence-corrected chi connectivity index (χ4v) is 5.44. The molecular formula is C26H22N2O5S.